The van der Waals surface area contributed by atoms with Gasteiger partial charge >= 0.3 is 0 Å². The Morgan fingerprint density at radius 2 is 1.73 bits per heavy atom. The summed E-state index contributed by atoms with van der Waals surface area (Å²) in [6.45, 7) is 8.58. The van der Waals surface area contributed by atoms with Gasteiger partial charge in [0, 0.05) is 36.7 Å². The molecule has 1 aromatic heterocycles. The highest BCUT2D eigenvalue weighted by Crippen LogP contribution is 2.18. The molecule has 1 aliphatic heterocycles. The Labute approximate surface area is 181 Å². The van der Waals surface area contributed by atoms with Gasteiger partial charge in [-0.05, 0) is 50.1 Å². The third kappa shape index (κ3) is 5.67. The number of benzene rings is 1. The molecule has 30 heavy (non-hydrogen) atoms. The van der Waals surface area contributed by atoms with Crippen LogP contribution in [0.5, 0.6) is 0 Å². The van der Waals surface area contributed by atoms with E-state index in [1.807, 2.05) is 49.9 Å². The molecule has 0 radical (unpaired) electrons. The normalized spacial score (nSPS) is 14.4. The van der Waals surface area contributed by atoms with Crippen LogP contribution in [0.1, 0.15) is 25.7 Å². The highest BCUT2D eigenvalue weighted by Gasteiger charge is 2.23. The van der Waals surface area contributed by atoms with Crippen molar-refractivity contribution in [2.75, 3.05) is 44.6 Å². The minimum Gasteiger partial charge on any atom is -0.342 e. The molecule has 0 spiro atoms. The molecule has 2 aromatic rings. The van der Waals surface area contributed by atoms with E-state index in [1.54, 1.807) is 11.0 Å². The van der Waals surface area contributed by atoms with Crippen LogP contribution in [0.4, 0.5) is 5.69 Å². The predicted molar refractivity (Wildman–Crippen MR) is 119 cm³/mol. The SMILES string of the molecule is Cc1ccc(C(=O)NCC(=O)N2CCN(CC(=O)Nc3cccc(C)c3C)CC2)s1. The zero-order chi connectivity index (χ0) is 21.7. The molecule has 8 heteroatoms. The number of nitrogens with zero attached hydrogens (tertiary/aromatic N) is 2. The summed E-state index contributed by atoms with van der Waals surface area (Å²) in [5, 5.41) is 5.67. The summed E-state index contributed by atoms with van der Waals surface area (Å²) >= 11 is 1.41. The van der Waals surface area contributed by atoms with Gasteiger partial charge in [-0.3, -0.25) is 19.3 Å². The number of hydrogen-bond acceptors (Lipinski definition) is 5. The van der Waals surface area contributed by atoms with Gasteiger partial charge in [-0.15, -0.1) is 11.3 Å². The van der Waals surface area contributed by atoms with E-state index in [2.05, 4.69) is 10.6 Å². The molecular formula is C22H28N4O3S. The smallest absolute Gasteiger partial charge is 0.261 e. The number of anilines is 1. The molecule has 0 atom stereocenters. The molecule has 1 aliphatic rings. The van der Waals surface area contributed by atoms with E-state index < -0.39 is 0 Å². The average molecular weight is 429 g/mol. The predicted octanol–water partition coefficient (Wildman–Crippen LogP) is 2.19. The zero-order valence-corrected chi connectivity index (χ0v) is 18.5. The molecule has 1 saturated heterocycles. The summed E-state index contributed by atoms with van der Waals surface area (Å²) in [4.78, 5) is 42.3. The monoisotopic (exact) mass is 428 g/mol. The summed E-state index contributed by atoms with van der Waals surface area (Å²) in [6.07, 6.45) is 0. The van der Waals surface area contributed by atoms with Crippen LogP contribution in [-0.4, -0.2) is 66.8 Å². The molecule has 3 amide bonds. The Hall–Kier alpha value is -2.71. The molecule has 1 fully saturated rings. The first-order chi connectivity index (χ1) is 14.3. The van der Waals surface area contributed by atoms with Crippen LogP contribution in [0.25, 0.3) is 0 Å². The lowest BCUT2D eigenvalue weighted by Crippen LogP contribution is -2.52. The lowest BCUT2D eigenvalue weighted by Gasteiger charge is -2.34. The highest BCUT2D eigenvalue weighted by atomic mass is 32.1. The van der Waals surface area contributed by atoms with Gasteiger partial charge in [0.15, 0.2) is 0 Å². The first kappa shape index (κ1) is 22.0. The summed E-state index contributed by atoms with van der Waals surface area (Å²) in [5.41, 5.74) is 3.05. The van der Waals surface area contributed by atoms with Crippen molar-refractivity contribution >= 4 is 34.7 Å². The maximum absolute atomic E-state index is 12.4. The van der Waals surface area contributed by atoms with Crippen molar-refractivity contribution < 1.29 is 14.4 Å². The van der Waals surface area contributed by atoms with E-state index in [0.717, 1.165) is 21.7 Å². The Kier molecular flexibility index (Phi) is 7.23. The van der Waals surface area contributed by atoms with Gasteiger partial charge < -0.3 is 15.5 Å². The number of hydrogen-bond donors (Lipinski definition) is 2. The van der Waals surface area contributed by atoms with Crippen molar-refractivity contribution in [1.82, 2.24) is 15.1 Å². The van der Waals surface area contributed by atoms with Gasteiger partial charge in [-0.25, -0.2) is 0 Å². The van der Waals surface area contributed by atoms with E-state index in [0.29, 0.717) is 37.6 Å². The molecule has 2 N–H and O–H groups in total. The van der Waals surface area contributed by atoms with Gasteiger partial charge in [-0.1, -0.05) is 12.1 Å². The minimum absolute atomic E-state index is 0.0110. The van der Waals surface area contributed by atoms with Gasteiger partial charge in [0.25, 0.3) is 5.91 Å². The molecule has 0 saturated carbocycles. The summed E-state index contributed by atoms with van der Waals surface area (Å²) in [5.74, 6) is -0.374. The van der Waals surface area contributed by atoms with Crippen molar-refractivity contribution in [3.05, 3.63) is 51.2 Å². The number of rotatable bonds is 6. The summed E-state index contributed by atoms with van der Waals surface area (Å²) in [7, 11) is 0. The highest BCUT2D eigenvalue weighted by molar-refractivity contribution is 7.13. The quantitative estimate of drug-likeness (QED) is 0.739. The largest absolute Gasteiger partial charge is 0.342 e. The number of thiophene rings is 1. The van der Waals surface area contributed by atoms with Gasteiger partial charge in [0.05, 0.1) is 18.0 Å². The molecule has 160 valence electrons. The standard InChI is InChI=1S/C22H28N4O3S/c1-15-5-4-6-18(17(15)3)24-20(27)14-25-9-11-26(12-10-25)21(28)13-23-22(29)19-8-7-16(2)30-19/h4-8H,9-14H2,1-3H3,(H,23,29)(H,24,27). The third-order valence-corrected chi connectivity index (χ3v) is 6.33. The average Bonchev–Trinajstić information content (AvgIpc) is 3.16. The van der Waals surface area contributed by atoms with Gasteiger partial charge in [-0.2, -0.15) is 0 Å². The van der Waals surface area contributed by atoms with Crippen LogP contribution in [0.3, 0.4) is 0 Å². The molecule has 2 heterocycles. The molecule has 0 aliphatic carbocycles. The van der Waals surface area contributed by atoms with Crippen molar-refractivity contribution in [1.29, 1.82) is 0 Å². The van der Waals surface area contributed by atoms with Crippen molar-refractivity contribution in [2.24, 2.45) is 0 Å². The van der Waals surface area contributed by atoms with Crippen molar-refractivity contribution in [3.63, 3.8) is 0 Å². The van der Waals surface area contributed by atoms with Crippen LogP contribution in [0, 0.1) is 20.8 Å². The Bertz CT molecular complexity index is 932. The van der Waals surface area contributed by atoms with E-state index >= 15 is 0 Å². The number of aryl methyl sites for hydroxylation is 2. The third-order valence-electron chi connectivity index (χ3n) is 5.34. The van der Waals surface area contributed by atoms with Crippen molar-refractivity contribution in [3.8, 4) is 0 Å². The Morgan fingerprint density at radius 3 is 2.40 bits per heavy atom. The number of nitrogens with one attached hydrogen (secondary N) is 2. The maximum Gasteiger partial charge on any atom is 0.261 e. The van der Waals surface area contributed by atoms with Crippen LogP contribution in [0.2, 0.25) is 0 Å². The second-order valence-corrected chi connectivity index (χ2v) is 8.83. The van der Waals surface area contributed by atoms with E-state index in [-0.39, 0.29) is 24.3 Å². The van der Waals surface area contributed by atoms with Crippen LogP contribution in [0.15, 0.2) is 30.3 Å². The fourth-order valence-electron chi connectivity index (χ4n) is 3.35. The number of piperazine rings is 1. The summed E-state index contributed by atoms with van der Waals surface area (Å²) < 4.78 is 0. The fourth-order valence-corrected chi connectivity index (χ4v) is 4.13. The molecular weight excluding hydrogens is 400 g/mol. The molecule has 3 rings (SSSR count). The number of amides is 3. The molecule has 7 nitrogen and oxygen atoms in total. The fraction of sp³-hybridized carbons (Fsp3) is 0.409. The van der Waals surface area contributed by atoms with E-state index in [9.17, 15) is 14.4 Å². The lowest BCUT2D eigenvalue weighted by atomic mass is 10.1. The first-order valence-corrected chi connectivity index (χ1v) is 10.9. The zero-order valence-electron chi connectivity index (χ0n) is 17.7. The Balaban J connectivity index is 1.40. The van der Waals surface area contributed by atoms with Gasteiger partial charge in [0.1, 0.15) is 0 Å². The van der Waals surface area contributed by atoms with E-state index in [4.69, 9.17) is 0 Å². The maximum atomic E-state index is 12.4. The van der Waals surface area contributed by atoms with Gasteiger partial charge in [0.2, 0.25) is 11.8 Å². The number of carbonyl (C=O) groups is 3. The summed E-state index contributed by atoms with van der Waals surface area (Å²) in [6, 6.07) is 9.51. The molecule has 0 unspecified atom stereocenters. The first-order valence-electron chi connectivity index (χ1n) is 10.0. The van der Waals surface area contributed by atoms with Crippen LogP contribution >= 0.6 is 11.3 Å². The molecule has 1 aromatic carbocycles. The second kappa shape index (κ2) is 9.86. The second-order valence-electron chi connectivity index (χ2n) is 7.55. The topological polar surface area (TPSA) is 81.8 Å². The van der Waals surface area contributed by atoms with E-state index in [1.165, 1.54) is 11.3 Å². The van der Waals surface area contributed by atoms with Crippen molar-refractivity contribution in [2.45, 2.75) is 20.8 Å². The minimum atomic E-state index is -0.219. The van der Waals surface area contributed by atoms with Crippen LogP contribution in [-0.2, 0) is 9.59 Å². The Morgan fingerprint density at radius 1 is 1.00 bits per heavy atom. The van der Waals surface area contributed by atoms with Crippen LogP contribution < -0.4 is 10.6 Å². The number of carbonyl (C=O) groups excluding carboxylic acids is 3. The lowest BCUT2D eigenvalue weighted by molar-refractivity contribution is -0.132. The molecule has 0 bridgehead atoms.